The summed E-state index contributed by atoms with van der Waals surface area (Å²) < 4.78 is 0. The fraction of sp³-hybridized carbons (Fsp3) is 1.00. The van der Waals surface area contributed by atoms with Gasteiger partial charge in [0.25, 0.3) is 0 Å². The van der Waals surface area contributed by atoms with Crippen LogP contribution in [0.4, 0.5) is 0 Å². The average molecular weight is 225 g/mol. The van der Waals surface area contributed by atoms with Gasteiger partial charge in [0.2, 0.25) is 0 Å². The van der Waals surface area contributed by atoms with Gasteiger partial charge in [0, 0.05) is 44.8 Å². The van der Waals surface area contributed by atoms with Crippen molar-refractivity contribution in [1.82, 2.24) is 15.1 Å². The monoisotopic (exact) mass is 225 g/mol. The molecule has 0 bridgehead atoms. The largest absolute Gasteiger partial charge is 0.313 e. The smallest absolute Gasteiger partial charge is 0.0195 e. The van der Waals surface area contributed by atoms with Crippen molar-refractivity contribution in [3.63, 3.8) is 0 Å². The van der Waals surface area contributed by atoms with Crippen LogP contribution in [-0.4, -0.2) is 61.7 Å². The maximum absolute atomic E-state index is 3.71. The third-order valence-corrected chi connectivity index (χ3v) is 4.16. The molecule has 0 radical (unpaired) electrons. The Balaban J connectivity index is 1.61. The number of rotatable bonds is 4. The summed E-state index contributed by atoms with van der Waals surface area (Å²) >= 11 is 0. The summed E-state index contributed by atoms with van der Waals surface area (Å²) in [6.07, 6.45) is 5.67. The van der Waals surface area contributed by atoms with Crippen molar-refractivity contribution in [1.29, 1.82) is 0 Å². The first kappa shape index (κ1) is 12.3. The van der Waals surface area contributed by atoms with E-state index in [4.69, 9.17) is 0 Å². The van der Waals surface area contributed by atoms with Crippen LogP contribution in [0.15, 0.2) is 0 Å². The lowest BCUT2D eigenvalue weighted by molar-refractivity contribution is 0.100. The Morgan fingerprint density at radius 3 is 2.62 bits per heavy atom. The molecule has 0 aromatic carbocycles. The molecule has 0 spiro atoms. The highest BCUT2D eigenvalue weighted by atomic mass is 15.3. The lowest BCUT2D eigenvalue weighted by Crippen LogP contribution is -2.52. The molecule has 1 aliphatic heterocycles. The van der Waals surface area contributed by atoms with Crippen LogP contribution in [0.25, 0.3) is 0 Å². The van der Waals surface area contributed by atoms with Gasteiger partial charge in [-0.1, -0.05) is 12.8 Å². The summed E-state index contributed by atoms with van der Waals surface area (Å²) in [6, 6.07) is 1.55. The van der Waals surface area contributed by atoms with Crippen molar-refractivity contribution in [2.45, 2.75) is 44.7 Å². The summed E-state index contributed by atoms with van der Waals surface area (Å²) in [6.45, 7) is 8.46. The molecule has 1 saturated heterocycles. The van der Waals surface area contributed by atoms with Crippen molar-refractivity contribution < 1.29 is 0 Å². The van der Waals surface area contributed by atoms with Crippen LogP contribution in [0.2, 0.25) is 0 Å². The van der Waals surface area contributed by atoms with Gasteiger partial charge in [-0.2, -0.15) is 0 Å². The number of piperazine rings is 1. The van der Waals surface area contributed by atoms with E-state index >= 15 is 0 Å². The molecule has 1 saturated carbocycles. The zero-order chi connectivity index (χ0) is 11.4. The predicted molar refractivity (Wildman–Crippen MR) is 68.8 cm³/mol. The summed E-state index contributed by atoms with van der Waals surface area (Å²) in [5, 5.41) is 3.71. The van der Waals surface area contributed by atoms with E-state index in [1.54, 1.807) is 0 Å². The van der Waals surface area contributed by atoms with E-state index in [2.05, 4.69) is 29.1 Å². The molecule has 1 unspecified atom stereocenters. The first-order valence-corrected chi connectivity index (χ1v) is 6.91. The fourth-order valence-corrected chi connectivity index (χ4v) is 3.05. The number of nitrogens with zero attached hydrogens (tertiary/aromatic N) is 2. The van der Waals surface area contributed by atoms with Crippen molar-refractivity contribution >= 4 is 0 Å². The zero-order valence-electron chi connectivity index (χ0n) is 10.9. The Bertz CT molecular complexity index is 201. The van der Waals surface area contributed by atoms with E-state index < -0.39 is 0 Å². The Morgan fingerprint density at radius 2 is 1.94 bits per heavy atom. The predicted octanol–water partition coefficient (Wildman–Crippen LogP) is 1.15. The van der Waals surface area contributed by atoms with E-state index in [0.29, 0.717) is 0 Å². The lowest BCUT2D eigenvalue weighted by Gasteiger charge is -2.38. The molecule has 94 valence electrons. The molecule has 1 atom stereocenters. The van der Waals surface area contributed by atoms with Crippen LogP contribution in [0.5, 0.6) is 0 Å². The molecule has 0 aromatic heterocycles. The molecule has 2 aliphatic rings. The SMILES string of the molecule is CC1CN(C)CCN1CCNC1CCCC1. The number of hydrogen-bond acceptors (Lipinski definition) is 3. The third-order valence-electron chi connectivity index (χ3n) is 4.16. The molecule has 1 heterocycles. The van der Waals surface area contributed by atoms with Crippen LogP contribution in [0.3, 0.4) is 0 Å². The minimum Gasteiger partial charge on any atom is -0.313 e. The van der Waals surface area contributed by atoms with Crippen molar-refractivity contribution in [2.75, 3.05) is 39.8 Å². The molecular weight excluding hydrogens is 198 g/mol. The van der Waals surface area contributed by atoms with Gasteiger partial charge in [-0.25, -0.2) is 0 Å². The molecule has 1 aliphatic carbocycles. The number of nitrogens with one attached hydrogen (secondary N) is 1. The normalized spacial score (nSPS) is 30.0. The van der Waals surface area contributed by atoms with Crippen molar-refractivity contribution in [3.8, 4) is 0 Å². The van der Waals surface area contributed by atoms with Crippen LogP contribution in [0, 0.1) is 0 Å². The van der Waals surface area contributed by atoms with E-state index in [-0.39, 0.29) is 0 Å². The quantitative estimate of drug-likeness (QED) is 0.774. The summed E-state index contributed by atoms with van der Waals surface area (Å²) in [4.78, 5) is 5.06. The number of hydrogen-bond donors (Lipinski definition) is 1. The number of likely N-dealkylation sites (N-methyl/N-ethyl adjacent to an activating group) is 1. The van der Waals surface area contributed by atoms with Crippen LogP contribution >= 0.6 is 0 Å². The minimum atomic E-state index is 0.726. The standard InChI is InChI=1S/C13H27N3/c1-12-11-15(2)9-10-16(12)8-7-14-13-5-3-4-6-13/h12-14H,3-11H2,1-2H3. The van der Waals surface area contributed by atoms with E-state index in [1.165, 1.54) is 58.4 Å². The first-order chi connectivity index (χ1) is 7.75. The van der Waals surface area contributed by atoms with Crippen molar-refractivity contribution in [3.05, 3.63) is 0 Å². The lowest BCUT2D eigenvalue weighted by atomic mass is 10.2. The van der Waals surface area contributed by atoms with Gasteiger partial charge < -0.3 is 10.2 Å². The van der Waals surface area contributed by atoms with Gasteiger partial charge in [-0.05, 0) is 26.8 Å². The van der Waals surface area contributed by atoms with E-state index in [1.807, 2.05) is 0 Å². The first-order valence-electron chi connectivity index (χ1n) is 6.91. The molecule has 0 aromatic rings. The van der Waals surface area contributed by atoms with Crippen LogP contribution < -0.4 is 5.32 Å². The zero-order valence-corrected chi connectivity index (χ0v) is 10.9. The topological polar surface area (TPSA) is 18.5 Å². The molecule has 3 nitrogen and oxygen atoms in total. The Hall–Kier alpha value is -0.120. The van der Waals surface area contributed by atoms with Crippen LogP contribution in [-0.2, 0) is 0 Å². The average Bonchev–Trinajstić information content (AvgIpc) is 2.74. The Kier molecular flexibility index (Phi) is 4.62. The van der Waals surface area contributed by atoms with E-state index in [0.717, 1.165) is 12.1 Å². The van der Waals surface area contributed by atoms with Gasteiger partial charge in [0.05, 0.1) is 0 Å². The highest BCUT2D eigenvalue weighted by molar-refractivity contribution is 4.79. The fourth-order valence-electron chi connectivity index (χ4n) is 3.05. The summed E-state index contributed by atoms with van der Waals surface area (Å²) in [7, 11) is 2.23. The highest BCUT2D eigenvalue weighted by Crippen LogP contribution is 2.17. The second-order valence-corrected chi connectivity index (χ2v) is 5.58. The van der Waals surface area contributed by atoms with Gasteiger partial charge in [0.1, 0.15) is 0 Å². The molecule has 2 rings (SSSR count). The molecule has 16 heavy (non-hydrogen) atoms. The molecule has 3 heteroatoms. The van der Waals surface area contributed by atoms with Gasteiger partial charge in [-0.3, -0.25) is 4.90 Å². The van der Waals surface area contributed by atoms with E-state index in [9.17, 15) is 0 Å². The second-order valence-electron chi connectivity index (χ2n) is 5.58. The van der Waals surface area contributed by atoms with Crippen molar-refractivity contribution in [2.24, 2.45) is 0 Å². The Labute approximate surface area is 100 Å². The van der Waals surface area contributed by atoms with Crippen LogP contribution in [0.1, 0.15) is 32.6 Å². The summed E-state index contributed by atoms with van der Waals surface area (Å²) in [5.41, 5.74) is 0. The highest BCUT2D eigenvalue weighted by Gasteiger charge is 2.21. The van der Waals surface area contributed by atoms with Gasteiger partial charge in [-0.15, -0.1) is 0 Å². The summed E-state index contributed by atoms with van der Waals surface area (Å²) in [5.74, 6) is 0. The maximum atomic E-state index is 3.71. The van der Waals surface area contributed by atoms with Gasteiger partial charge >= 0.3 is 0 Å². The Morgan fingerprint density at radius 1 is 1.19 bits per heavy atom. The maximum Gasteiger partial charge on any atom is 0.0195 e. The molecule has 1 N–H and O–H groups in total. The van der Waals surface area contributed by atoms with Gasteiger partial charge in [0.15, 0.2) is 0 Å². The molecule has 0 amide bonds. The minimum absolute atomic E-state index is 0.726. The second kappa shape index (κ2) is 5.99. The molecule has 2 fully saturated rings. The third kappa shape index (κ3) is 3.44. The molecular formula is C13H27N3.